The average Bonchev–Trinajstić information content (AvgIpc) is 2.77. The third-order valence-corrected chi connectivity index (χ3v) is 4.24. The van der Waals surface area contributed by atoms with Gasteiger partial charge in [0.2, 0.25) is 17.5 Å². The van der Waals surface area contributed by atoms with Crippen molar-refractivity contribution in [3.05, 3.63) is 60.6 Å². The van der Waals surface area contributed by atoms with Gasteiger partial charge in [0.25, 0.3) is 0 Å². The second kappa shape index (κ2) is 10.1. The highest BCUT2D eigenvalue weighted by Crippen LogP contribution is 2.38. The molecule has 8 heteroatoms. The third kappa shape index (κ3) is 5.38. The number of rotatable bonds is 9. The number of aromatic nitrogens is 2. The minimum atomic E-state index is -0.125. The summed E-state index contributed by atoms with van der Waals surface area (Å²) in [5, 5.41) is 2.88. The highest BCUT2D eigenvalue weighted by molar-refractivity contribution is 5.91. The smallest absolute Gasteiger partial charge is 0.237 e. The van der Waals surface area contributed by atoms with E-state index in [1.165, 1.54) is 6.20 Å². The van der Waals surface area contributed by atoms with Gasteiger partial charge in [-0.3, -0.25) is 9.78 Å². The van der Waals surface area contributed by atoms with Crippen LogP contribution in [0.1, 0.15) is 12.0 Å². The molecule has 0 bridgehead atoms. The van der Waals surface area contributed by atoms with Gasteiger partial charge in [0.15, 0.2) is 11.5 Å². The number of amides is 1. The largest absolute Gasteiger partial charge is 0.493 e. The number of ether oxygens (including phenoxy) is 4. The van der Waals surface area contributed by atoms with E-state index in [1.54, 1.807) is 58.0 Å². The van der Waals surface area contributed by atoms with Gasteiger partial charge in [-0.05, 0) is 36.2 Å². The first kappa shape index (κ1) is 20.9. The molecular weight excluding hydrogens is 386 g/mol. The number of nitrogens with zero attached hydrogens (tertiary/aromatic N) is 2. The Morgan fingerprint density at radius 3 is 2.40 bits per heavy atom. The molecule has 0 atom stereocenters. The van der Waals surface area contributed by atoms with Gasteiger partial charge in [-0.15, -0.1) is 0 Å². The van der Waals surface area contributed by atoms with E-state index in [-0.39, 0.29) is 12.3 Å². The molecule has 0 saturated carbocycles. The van der Waals surface area contributed by atoms with Crippen LogP contribution in [0, 0.1) is 0 Å². The fourth-order valence-electron chi connectivity index (χ4n) is 2.86. The van der Waals surface area contributed by atoms with Crippen molar-refractivity contribution < 1.29 is 23.7 Å². The van der Waals surface area contributed by atoms with Crippen LogP contribution in [0.2, 0.25) is 0 Å². The van der Waals surface area contributed by atoms with Crippen LogP contribution in [0.3, 0.4) is 0 Å². The molecule has 0 spiro atoms. The Labute approximate surface area is 174 Å². The van der Waals surface area contributed by atoms with E-state index < -0.39 is 0 Å². The summed E-state index contributed by atoms with van der Waals surface area (Å²) >= 11 is 0. The van der Waals surface area contributed by atoms with Crippen molar-refractivity contribution >= 4 is 11.6 Å². The lowest BCUT2D eigenvalue weighted by Gasteiger charge is -2.14. The number of hydrogen-bond acceptors (Lipinski definition) is 7. The fraction of sp³-hybridized carbons (Fsp3) is 0.227. The van der Waals surface area contributed by atoms with Crippen LogP contribution in [0.5, 0.6) is 28.9 Å². The molecule has 3 rings (SSSR count). The van der Waals surface area contributed by atoms with Gasteiger partial charge in [0, 0.05) is 30.6 Å². The average molecular weight is 409 g/mol. The molecule has 0 aliphatic rings. The first-order valence-electron chi connectivity index (χ1n) is 9.25. The van der Waals surface area contributed by atoms with Gasteiger partial charge in [-0.25, -0.2) is 4.98 Å². The molecule has 1 N–H and O–H groups in total. The van der Waals surface area contributed by atoms with E-state index in [0.29, 0.717) is 41.0 Å². The van der Waals surface area contributed by atoms with E-state index >= 15 is 0 Å². The molecule has 8 nitrogen and oxygen atoms in total. The molecule has 0 fully saturated rings. The van der Waals surface area contributed by atoms with Crippen LogP contribution >= 0.6 is 0 Å². The Bertz CT molecular complexity index is 970. The van der Waals surface area contributed by atoms with Crippen LogP contribution < -0.4 is 24.3 Å². The molecule has 156 valence electrons. The molecule has 1 heterocycles. The Hall–Kier alpha value is -3.81. The van der Waals surface area contributed by atoms with Gasteiger partial charge in [0.1, 0.15) is 5.75 Å². The lowest BCUT2D eigenvalue weighted by Crippen LogP contribution is -2.12. The zero-order chi connectivity index (χ0) is 21.3. The lowest BCUT2D eigenvalue weighted by atomic mass is 10.1. The molecule has 0 radical (unpaired) electrons. The van der Waals surface area contributed by atoms with Crippen molar-refractivity contribution in [2.45, 2.75) is 12.8 Å². The van der Waals surface area contributed by atoms with E-state index in [9.17, 15) is 4.79 Å². The SMILES string of the molecule is COc1cc(CCC(=O)Nc2cccc(Oc3cnccn3)c2)cc(OC)c1OC. The van der Waals surface area contributed by atoms with Crippen LogP contribution in [0.4, 0.5) is 5.69 Å². The lowest BCUT2D eigenvalue weighted by molar-refractivity contribution is -0.116. The second-order valence-electron chi connectivity index (χ2n) is 6.26. The number of hydrogen-bond donors (Lipinski definition) is 1. The van der Waals surface area contributed by atoms with Crippen LogP contribution in [-0.2, 0) is 11.2 Å². The van der Waals surface area contributed by atoms with Crippen LogP contribution in [0.25, 0.3) is 0 Å². The molecule has 0 saturated heterocycles. The van der Waals surface area contributed by atoms with Crippen molar-refractivity contribution in [2.75, 3.05) is 26.6 Å². The number of aryl methyl sites for hydroxylation is 1. The number of methoxy groups -OCH3 is 3. The summed E-state index contributed by atoms with van der Waals surface area (Å²) in [5.74, 6) is 2.44. The maximum Gasteiger partial charge on any atom is 0.237 e. The predicted octanol–water partition coefficient (Wildman–Crippen LogP) is 3.87. The maximum atomic E-state index is 12.4. The monoisotopic (exact) mass is 409 g/mol. The normalized spacial score (nSPS) is 10.2. The summed E-state index contributed by atoms with van der Waals surface area (Å²) in [7, 11) is 4.67. The molecule has 1 amide bonds. The number of carbonyl (C=O) groups is 1. The summed E-state index contributed by atoms with van der Waals surface area (Å²) in [5.41, 5.74) is 1.53. The molecule has 0 aliphatic heterocycles. The highest BCUT2D eigenvalue weighted by Gasteiger charge is 2.14. The van der Waals surface area contributed by atoms with E-state index in [2.05, 4.69) is 15.3 Å². The molecule has 0 aliphatic carbocycles. The third-order valence-electron chi connectivity index (χ3n) is 4.24. The Kier molecular flexibility index (Phi) is 7.05. The zero-order valence-electron chi connectivity index (χ0n) is 17.0. The van der Waals surface area contributed by atoms with Crippen molar-refractivity contribution in [1.82, 2.24) is 9.97 Å². The summed E-state index contributed by atoms with van der Waals surface area (Å²) in [6.07, 6.45) is 5.43. The Balaban J connectivity index is 1.62. The number of anilines is 1. The van der Waals surface area contributed by atoms with Crippen molar-refractivity contribution in [1.29, 1.82) is 0 Å². The molecule has 3 aromatic rings. The Morgan fingerprint density at radius 2 is 1.77 bits per heavy atom. The minimum absolute atomic E-state index is 0.125. The maximum absolute atomic E-state index is 12.4. The van der Waals surface area contributed by atoms with Gasteiger partial charge in [0.05, 0.1) is 27.5 Å². The van der Waals surface area contributed by atoms with Crippen LogP contribution in [-0.4, -0.2) is 37.2 Å². The summed E-state index contributed by atoms with van der Waals surface area (Å²) in [6, 6.07) is 10.8. The predicted molar refractivity (Wildman–Crippen MR) is 112 cm³/mol. The Morgan fingerprint density at radius 1 is 1.00 bits per heavy atom. The zero-order valence-corrected chi connectivity index (χ0v) is 17.0. The quantitative estimate of drug-likeness (QED) is 0.574. The number of benzene rings is 2. The molecule has 0 unspecified atom stereocenters. The minimum Gasteiger partial charge on any atom is -0.493 e. The molecular formula is C22H23N3O5. The van der Waals surface area contributed by atoms with E-state index in [0.717, 1.165) is 5.56 Å². The highest BCUT2D eigenvalue weighted by atomic mass is 16.5. The van der Waals surface area contributed by atoms with Gasteiger partial charge >= 0.3 is 0 Å². The first-order chi connectivity index (χ1) is 14.6. The number of nitrogens with one attached hydrogen (secondary N) is 1. The summed E-state index contributed by atoms with van der Waals surface area (Å²) in [4.78, 5) is 20.4. The molecule has 1 aromatic heterocycles. The summed E-state index contributed by atoms with van der Waals surface area (Å²) < 4.78 is 21.7. The number of carbonyl (C=O) groups excluding carboxylic acids is 1. The second-order valence-corrected chi connectivity index (χ2v) is 6.26. The van der Waals surface area contributed by atoms with Crippen LogP contribution in [0.15, 0.2) is 55.0 Å². The first-order valence-corrected chi connectivity index (χ1v) is 9.25. The van der Waals surface area contributed by atoms with Gasteiger partial charge in [-0.1, -0.05) is 6.07 Å². The van der Waals surface area contributed by atoms with Crippen molar-refractivity contribution in [3.63, 3.8) is 0 Å². The topological polar surface area (TPSA) is 91.8 Å². The van der Waals surface area contributed by atoms with E-state index in [1.807, 2.05) is 12.1 Å². The molecule has 30 heavy (non-hydrogen) atoms. The fourth-order valence-corrected chi connectivity index (χ4v) is 2.86. The standard InChI is InChI=1S/C22H23N3O5/c1-27-18-11-15(12-19(28-2)22(18)29-3)7-8-20(26)25-16-5-4-6-17(13-16)30-21-14-23-9-10-24-21/h4-6,9-14H,7-8H2,1-3H3,(H,25,26). The molecule has 2 aromatic carbocycles. The van der Waals surface area contributed by atoms with Crippen molar-refractivity contribution in [2.24, 2.45) is 0 Å². The van der Waals surface area contributed by atoms with Gasteiger partial charge in [-0.2, -0.15) is 0 Å². The van der Waals surface area contributed by atoms with E-state index in [4.69, 9.17) is 18.9 Å². The van der Waals surface area contributed by atoms with Crippen molar-refractivity contribution in [3.8, 4) is 28.9 Å². The van der Waals surface area contributed by atoms with Gasteiger partial charge < -0.3 is 24.3 Å². The summed E-state index contributed by atoms with van der Waals surface area (Å²) in [6.45, 7) is 0.